The summed E-state index contributed by atoms with van der Waals surface area (Å²) in [5, 5.41) is 3.76. The van der Waals surface area contributed by atoms with E-state index in [9.17, 15) is 0 Å². The van der Waals surface area contributed by atoms with Crippen molar-refractivity contribution in [2.24, 2.45) is 17.8 Å². The molecule has 1 N–H and O–H groups in total. The Hall–Kier alpha value is -0.820. The maximum atomic E-state index is 3.76. The predicted octanol–water partition coefficient (Wildman–Crippen LogP) is 4.98. The van der Waals surface area contributed by atoms with Gasteiger partial charge in [-0.3, -0.25) is 0 Å². The summed E-state index contributed by atoms with van der Waals surface area (Å²) in [6.07, 6.45) is 6.86. The van der Waals surface area contributed by atoms with Gasteiger partial charge in [-0.05, 0) is 68.9 Å². The fourth-order valence-corrected chi connectivity index (χ4v) is 3.97. The highest BCUT2D eigenvalue weighted by molar-refractivity contribution is 5.23. The summed E-state index contributed by atoms with van der Waals surface area (Å²) >= 11 is 0. The van der Waals surface area contributed by atoms with Gasteiger partial charge < -0.3 is 5.32 Å². The van der Waals surface area contributed by atoms with Crippen LogP contribution in [0.15, 0.2) is 24.3 Å². The van der Waals surface area contributed by atoms with Crippen molar-refractivity contribution < 1.29 is 0 Å². The van der Waals surface area contributed by atoms with Gasteiger partial charge in [-0.2, -0.15) is 0 Å². The number of hydrogen-bond donors (Lipinski definition) is 1. The lowest BCUT2D eigenvalue weighted by atomic mass is 9.73. The molecular formula is C20H33N. The van der Waals surface area contributed by atoms with Gasteiger partial charge in [-0.25, -0.2) is 0 Å². The van der Waals surface area contributed by atoms with E-state index in [1.54, 1.807) is 0 Å². The van der Waals surface area contributed by atoms with Crippen LogP contribution in [0.3, 0.4) is 0 Å². The Balaban J connectivity index is 1.96. The van der Waals surface area contributed by atoms with Gasteiger partial charge in [0.25, 0.3) is 0 Å². The summed E-state index contributed by atoms with van der Waals surface area (Å²) in [5.41, 5.74) is 2.87. The molecule has 1 aromatic rings. The van der Waals surface area contributed by atoms with Crippen LogP contribution in [0.1, 0.15) is 57.6 Å². The minimum atomic E-state index is 0.657. The summed E-state index contributed by atoms with van der Waals surface area (Å²) in [7, 11) is 0. The minimum absolute atomic E-state index is 0.657. The highest BCUT2D eigenvalue weighted by Crippen LogP contribution is 2.35. The number of rotatable bonds is 6. The molecule has 0 radical (unpaired) electrons. The lowest BCUT2D eigenvalue weighted by Crippen LogP contribution is -2.40. The van der Waals surface area contributed by atoms with Gasteiger partial charge >= 0.3 is 0 Å². The lowest BCUT2D eigenvalue weighted by molar-refractivity contribution is 0.188. The molecule has 0 bridgehead atoms. The third kappa shape index (κ3) is 4.85. The van der Waals surface area contributed by atoms with E-state index in [2.05, 4.69) is 57.3 Å². The molecule has 1 aliphatic carbocycles. The van der Waals surface area contributed by atoms with E-state index < -0.39 is 0 Å². The fourth-order valence-electron chi connectivity index (χ4n) is 3.97. The summed E-state index contributed by atoms with van der Waals surface area (Å²) in [4.78, 5) is 0. The molecule has 2 rings (SSSR count). The number of hydrogen-bond acceptors (Lipinski definition) is 1. The quantitative estimate of drug-likeness (QED) is 0.778. The van der Waals surface area contributed by atoms with E-state index in [1.807, 2.05) is 0 Å². The molecule has 118 valence electrons. The average Bonchev–Trinajstić information content (AvgIpc) is 2.47. The zero-order valence-corrected chi connectivity index (χ0v) is 14.4. The Bertz CT molecular complexity index is 416. The molecule has 0 amide bonds. The first-order chi connectivity index (χ1) is 10.1. The molecule has 0 aliphatic heterocycles. The van der Waals surface area contributed by atoms with Crippen molar-refractivity contribution in [1.82, 2.24) is 5.32 Å². The second kappa shape index (κ2) is 7.98. The zero-order valence-electron chi connectivity index (χ0n) is 14.4. The summed E-state index contributed by atoms with van der Waals surface area (Å²) in [6.45, 7) is 10.3. The topological polar surface area (TPSA) is 12.0 Å². The maximum absolute atomic E-state index is 3.76. The fraction of sp³-hybridized carbons (Fsp3) is 0.700. The van der Waals surface area contributed by atoms with Crippen molar-refractivity contribution in [3.05, 3.63) is 35.4 Å². The monoisotopic (exact) mass is 287 g/mol. The van der Waals surface area contributed by atoms with Crippen LogP contribution < -0.4 is 5.32 Å². The SMILES string of the molecule is CCNC(Cc1cccc(C)c1)C1CCC(C(C)C)CC1. The van der Waals surface area contributed by atoms with Crippen LogP contribution in [0.25, 0.3) is 0 Å². The highest BCUT2D eigenvalue weighted by Gasteiger charge is 2.28. The molecule has 1 atom stereocenters. The molecule has 0 spiro atoms. The molecule has 1 unspecified atom stereocenters. The van der Waals surface area contributed by atoms with Gasteiger partial charge in [0.2, 0.25) is 0 Å². The van der Waals surface area contributed by atoms with Crippen LogP contribution in [0.4, 0.5) is 0 Å². The zero-order chi connectivity index (χ0) is 15.2. The molecule has 21 heavy (non-hydrogen) atoms. The first-order valence-electron chi connectivity index (χ1n) is 8.89. The molecule has 0 saturated heterocycles. The van der Waals surface area contributed by atoms with Crippen molar-refractivity contribution >= 4 is 0 Å². The normalized spacial score (nSPS) is 24.2. The Labute approximate surface area is 131 Å². The van der Waals surface area contributed by atoms with Crippen LogP contribution in [-0.4, -0.2) is 12.6 Å². The van der Waals surface area contributed by atoms with Gasteiger partial charge in [0.15, 0.2) is 0 Å². The first-order valence-corrected chi connectivity index (χ1v) is 8.89. The van der Waals surface area contributed by atoms with Crippen LogP contribution in [-0.2, 0) is 6.42 Å². The molecule has 1 fully saturated rings. The van der Waals surface area contributed by atoms with Crippen molar-refractivity contribution in [2.75, 3.05) is 6.54 Å². The summed E-state index contributed by atoms with van der Waals surface area (Å²) in [6, 6.07) is 9.69. The van der Waals surface area contributed by atoms with Crippen molar-refractivity contribution in [3.63, 3.8) is 0 Å². The third-order valence-electron chi connectivity index (χ3n) is 5.33. The van der Waals surface area contributed by atoms with Gasteiger partial charge in [-0.15, -0.1) is 0 Å². The Morgan fingerprint density at radius 2 is 1.76 bits per heavy atom. The van der Waals surface area contributed by atoms with E-state index in [0.717, 1.165) is 24.3 Å². The second-order valence-electron chi connectivity index (χ2n) is 7.28. The molecule has 1 aliphatic rings. The van der Waals surface area contributed by atoms with E-state index in [1.165, 1.54) is 43.2 Å². The second-order valence-corrected chi connectivity index (χ2v) is 7.28. The number of nitrogens with one attached hydrogen (secondary N) is 1. The molecule has 1 nitrogen and oxygen atoms in total. The molecular weight excluding hydrogens is 254 g/mol. The lowest BCUT2D eigenvalue weighted by Gasteiger charge is -2.36. The predicted molar refractivity (Wildman–Crippen MR) is 92.6 cm³/mol. The van der Waals surface area contributed by atoms with Crippen LogP contribution in [0.2, 0.25) is 0 Å². The number of likely N-dealkylation sites (N-methyl/N-ethyl adjacent to an activating group) is 1. The number of aryl methyl sites for hydroxylation is 1. The Morgan fingerprint density at radius 1 is 1.10 bits per heavy atom. The van der Waals surface area contributed by atoms with Gasteiger partial charge in [0.05, 0.1) is 0 Å². The van der Waals surface area contributed by atoms with Crippen molar-refractivity contribution in [2.45, 2.75) is 65.8 Å². The smallest absolute Gasteiger partial charge is 0.0136 e. The summed E-state index contributed by atoms with van der Waals surface area (Å²) < 4.78 is 0. The van der Waals surface area contributed by atoms with Crippen molar-refractivity contribution in [3.8, 4) is 0 Å². The average molecular weight is 287 g/mol. The van der Waals surface area contributed by atoms with Crippen molar-refractivity contribution in [1.29, 1.82) is 0 Å². The molecule has 1 heteroatoms. The Kier molecular flexibility index (Phi) is 6.29. The van der Waals surface area contributed by atoms with E-state index in [0.29, 0.717) is 6.04 Å². The van der Waals surface area contributed by atoms with E-state index in [4.69, 9.17) is 0 Å². The molecule has 0 aromatic heterocycles. The number of benzene rings is 1. The van der Waals surface area contributed by atoms with Crippen LogP contribution in [0.5, 0.6) is 0 Å². The van der Waals surface area contributed by atoms with Crippen LogP contribution in [0, 0.1) is 24.7 Å². The third-order valence-corrected chi connectivity index (χ3v) is 5.33. The maximum Gasteiger partial charge on any atom is 0.0136 e. The van der Waals surface area contributed by atoms with E-state index >= 15 is 0 Å². The first kappa shape index (κ1) is 16.5. The molecule has 0 heterocycles. The van der Waals surface area contributed by atoms with E-state index in [-0.39, 0.29) is 0 Å². The van der Waals surface area contributed by atoms with Gasteiger partial charge in [-0.1, -0.05) is 50.6 Å². The Morgan fingerprint density at radius 3 is 2.33 bits per heavy atom. The van der Waals surface area contributed by atoms with Gasteiger partial charge in [0, 0.05) is 6.04 Å². The molecule has 1 saturated carbocycles. The standard InChI is InChI=1S/C20H33N/c1-5-21-20(14-17-8-6-7-16(4)13-17)19-11-9-18(10-12-19)15(2)3/h6-8,13,15,18-21H,5,9-12,14H2,1-4H3. The summed E-state index contributed by atoms with van der Waals surface area (Å²) in [5.74, 6) is 2.68. The highest BCUT2D eigenvalue weighted by atomic mass is 14.9. The van der Waals surface area contributed by atoms with Crippen LogP contribution >= 0.6 is 0 Å². The molecule has 1 aromatic carbocycles. The van der Waals surface area contributed by atoms with Gasteiger partial charge in [0.1, 0.15) is 0 Å². The largest absolute Gasteiger partial charge is 0.314 e. The minimum Gasteiger partial charge on any atom is -0.314 e.